The molecule has 17 heavy (non-hydrogen) atoms. The highest BCUT2D eigenvalue weighted by Crippen LogP contribution is 2.39. The molecule has 0 amide bonds. The highest BCUT2D eigenvalue weighted by atomic mass is 79.9. The van der Waals surface area contributed by atoms with Gasteiger partial charge in [-0.25, -0.2) is 8.78 Å². The van der Waals surface area contributed by atoms with Crippen molar-refractivity contribution in [3.8, 4) is 0 Å². The van der Waals surface area contributed by atoms with Crippen LogP contribution in [0.15, 0.2) is 16.6 Å². The minimum absolute atomic E-state index is 0.113. The number of rotatable bonds is 4. The fourth-order valence-electron chi connectivity index (χ4n) is 2.18. The van der Waals surface area contributed by atoms with Crippen molar-refractivity contribution < 1.29 is 8.78 Å². The Labute approximate surface area is 109 Å². The van der Waals surface area contributed by atoms with Gasteiger partial charge in [0, 0.05) is 18.7 Å². The van der Waals surface area contributed by atoms with Gasteiger partial charge in [-0.2, -0.15) is 0 Å². The average molecular weight is 304 g/mol. The highest BCUT2D eigenvalue weighted by molar-refractivity contribution is 9.10. The predicted molar refractivity (Wildman–Crippen MR) is 67.7 cm³/mol. The monoisotopic (exact) mass is 303 g/mol. The Kier molecular flexibility index (Phi) is 3.83. The molecule has 0 saturated heterocycles. The number of nitrogens with one attached hydrogen (secondary N) is 1. The van der Waals surface area contributed by atoms with Crippen molar-refractivity contribution in [3.05, 3.63) is 33.8 Å². The van der Waals surface area contributed by atoms with E-state index in [0.29, 0.717) is 9.89 Å². The topological polar surface area (TPSA) is 12.0 Å². The van der Waals surface area contributed by atoms with Crippen LogP contribution in [0.1, 0.15) is 31.7 Å². The summed E-state index contributed by atoms with van der Waals surface area (Å²) in [6.45, 7) is 3.27. The van der Waals surface area contributed by atoms with Gasteiger partial charge in [-0.3, -0.25) is 0 Å². The molecule has 0 aromatic heterocycles. The van der Waals surface area contributed by atoms with Crippen molar-refractivity contribution in [1.29, 1.82) is 0 Å². The lowest BCUT2D eigenvalue weighted by atomic mass is 9.70. The molecule has 1 fully saturated rings. The number of halogens is 3. The standard InChI is InChI=1S/C13H16BrF2N/c1-13(5-2-6-13)8-17-7-9-11(15)4-3-10(14)12(9)16/h3-4,17H,2,5-8H2,1H3. The van der Waals surface area contributed by atoms with E-state index in [-0.39, 0.29) is 12.1 Å². The van der Waals surface area contributed by atoms with E-state index in [4.69, 9.17) is 0 Å². The van der Waals surface area contributed by atoms with Crippen LogP contribution in [0.4, 0.5) is 8.78 Å². The van der Waals surface area contributed by atoms with Crippen LogP contribution in [0.5, 0.6) is 0 Å². The van der Waals surface area contributed by atoms with E-state index < -0.39 is 11.6 Å². The molecule has 0 radical (unpaired) electrons. The van der Waals surface area contributed by atoms with Gasteiger partial charge >= 0.3 is 0 Å². The lowest BCUT2D eigenvalue weighted by Crippen LogP contribution is -2.37. The Balaban J connectivity index is 1.96. The van der Waals surface area contributed by atoms with Gasteiger partial charge in [-0.05, 0) is 46.3 Å². The summed E-state index contributed by atoms with van der Waals surface area (Å²) in [5.74, 6) is -0.992. The molecule has 1 aliphatic carbocycles. The summed E-state index contributed by atoms with van der Waals surface area (Å²) in [7, 11) is 0. The summed E-state index contributed by atoms with van der Waals surface area (Å²) in [5.41, 5.74) is 0.432. The summed E-state index contributed by atoms with van der Waals surface area (Å²) in [4.78, 5) is 0. The molecule has 0 aliphatic heterocycles. The minimum Gasteiger partial charge on any atom is -0.312 e. The third-order valence-electron chi connectivity index (χ3n) is 3.55. The first-order chi connectivity index (χ1) is 8.02. The van der Waals surface area contributed by atoms with E-state index in [1.807, 2.05) is 0 Å². The minimum atomic E-state index is -0.503. The van der Waals surface area contributed by atoms with Gasteiger partial charge in [-0.15, -0.1) is 0 Å². The molecule has 1 N–H and O–H groups in total. The van der Waals surface area contributed by atoms with Gasteiger partial charge in [0.15, 0.2) is 0 Å². The average Bonchev–Trinajstić information content (AvgIpc) is 2.26. The first-order valence-electron chi connectivity index (χ1n) is 5.85. The van der Waals surface area contributed by atoms with Crippen LogP contribution < -0.4 is 5.32 Å². The lowest BCUT2D eigenvalue weighted by Gasteiger charge is -2.38. The number of hydrogen-bond acceptors (Lipinski definition) is 1. The van der Waals surface area contributed by atoms with Crippen LogP contribution in [0, 0.1) is 17.0 Å². The molecular weight excluding hydrogens is 288 g/mol. The maximum Gasteiger partial charge on any atom is 0.144 e. The third kappa shape index (κ3) is 2.86. The Bertz CT molecular complexity index is 416. The van der Waals surface area contributed by atoms with Crippen molar-refractivity contribution in [2.75, 3.05) is 6.54 Å². The second kappa shape index (κ2) is 5.02. The van der Waals surface area contributed by atoms with Gasteiger partial charge in [-0.1, -0.05) is 13.3 Å². The van der Waals surface area contributed by atoms with Crippen molar-refractivity contribution in [3.63, 3.8) is 0 Å². The van der Waals surface area contributed by atoms with E-state index >= 15 is 0 Å². The van der Waals surface area contributed by atoms with Gasteiger partial charge in [0.25, 0.3) is 0 Å². The first-order valence-corrected chi connectivity index (χ1v) is 6.64. The molecule has 94 valence electrons. The molecule has 0 unspecified atom stereocenters. The zero-order chi connectivity index (χ0) is 12.5. The molecule has 1 aromatic rings. The molecule has 1 nitrogen and oxygen atoms in total. The van der Waals surface area contributed by atoms with Crippen LogP contribution in [-0.4, -0.2) is 6.54 Å². The molecular formula is C13H16BrF2N. The molecule has 1 aliphatic rings. The van der Waals surface area contributed by atoms with Crippen LogP contribution in [0.25, 0.3) is 0 Å². The molecule has 1 aromatic carbocycles. The Morgan fingerprint density at radius 3 is 2.65 bits per heavy atom. The molecule has 1 saturated carbocycles. The van der Waals surface area contributed by atoms with Crippen LogP contribution in [-0.2, 0) is 6.54 Å². The van der Waals surface area contributed by atoms with Gasteiger partial charge in [0.2, 0.25) is 0 Å². The normalized spacial score (nSPS) is 17.9. The fraction of sp³-hybridized carbons (Fsp3) is 0.538. The summed E-state index contributed by atoms with van der Waals surface area (Å²) in [6.07, 6.45) is 3.66. The van der Waals surface area contributed by atoms with E-state index in [2.05, 4.69) is 28.2 Å². The second-order valence-corrected chi connectivity index (χ2v) is 5.94. The summed E-state index contributed by atoms with van der Waals surface area (Å²) < 4.78 is 27.4. The molecule has 4 heteroatoms. The molecule has 0 atom stereocenters. The van der Waals surface area contributed by atoms with E-state index in [1.54, 1.807) is 0 Å². The zero-order valence-electron chi connectivity index (χ0n) is 9.82. The van der Waals surface area contributed by atoms with Crippen molar-refractivity contribution >= 4 is 15.9 Å². The zero-order valence-corrected chi connectivity index (χ0v) is 11.4. The largest absolute Gasteiger partial charge is 0.312 e. The maximum atomic E-state index is 13.7. The molecule has 2 rings (SSSR count). The molecule has 0 spiro atoms. The van der Waals surface area contributed by atoms with E-state index in [1.165, 1.54) is 31.4 Å². The first kappa shape index (κ1) is 13.0. The van der Waals surface area contributed by atoms with E-state index in [9.17, 15) is 8.78 Å². The van der Waals surface area contributed by atoms with Crippen molar-refractivity contribution in [2.45, 2.75) is 32.7 Å². The molecule has 0 heterocycles. The van der Waals surface area contributed by atoms with Gasteiger partial charge in [0.1, 0.15) is 11.6 Å². The summed E-state index contributed by atoms with van der Waals surface area (Å²) in [5, 5.41) is 3.15. The maximum absolute atomic E-state index is 13.7. The summed E-state index contributed by atoms with van der Waals surface area (Å²) >= 11 is 3.07. The second-order valence-electron chi connectivity index (χ2n) is 5.09. The van der Waals surface area contributed by atoms with Crippen molar-refractivity contribution in [1.82, 2.24) is 5.32 Å². The lowest BCUT2D eigenvalue weighted by molar-refractivity contribution is 0.156. The third-order valence-corrected chi connectivity index (χ3v) is 4.17. The predicted octanol–water partition coefficient (Wildman–Crippen LogP) is 4.01. The number of benzene rings is 1. The summed E-state index contributed by atoms with van der Waals surface area (Å²) in [6, 6.07) is 2.68. The molecule has 0 bridgehead atoms. The van der Waals surface area contributed by atoms with E-state index in [0.717, 1.165) is 6.54 Å². The van der Waals surface area contributed by atoms with Crippen LogP contribution in [0.3, 0.4) is 0 Å². The van der Waals surface area contributed by atoms with Gasteiger partial charge in [0.05, 0.1) is 4.47 Å². The smallest absolute Gasteiger partial charge is 0.144 e. The van der Waals surface area contributed by atoms with Crippen molar-refractivity contribution in [2.24, 2.45) is 5.41 Å². The highest BCUT2D eigenvalue weighted by Gasteiger charge is 2.31. The Morgan fingerprint density at radius 1 is 1.35 bits per heavy atom. The fourth-order valence-corrected chi connectivity index (χ4v) is 2.55. The Hall–Kier alpha value is -0.480. The van der Waals surface area contributed by atoms with Crippen LogP contribution in [0.2, 0.25) is 0 Å². The SMILES string of the molecule is CC1(CNCc2c(F)ccc(Br)c2F)CCC1. The quantitative estimate of drug-likeness (QED) is 0.829. The van der Waals surface area contributed by atoms with Crippen LogP contribution >= 0.6 is 15.9 Å². The van der Waals surface area contributed by atoms with Gasteiger partial charge < -0.3 is 5.32 Å². The number of hydrogen-bond donors (Lipinski definition) is 1. The Morgan fingerprint density at radius 2 is 2.06 bits per heavy atom.